The van der Waals surface area contributed by atoms with Gasteiger partial charge in [0.05, 0.1) is 18.7 Å². The largest absolute Gasteiger partial charge is 0.481 e. The first-order chi connectivity index (χ1) is 27.4. The molecule has 4 amide bonds. The highest BCUT2D eigenvalue weighted by molar-refractivity contribution is 7.99. The van der Waals surface area contributed by atoms with Gasteiger partial charge in [-0.2, -0.15) is 18.3 Å². The van der Waals surface area contributed by atoms with Gasteiger partial charge >= 0.3 is 12.1 Å². The molecule has 2 aliphatic rings. The molecule has 4 N–H and O–H groups in total. The second-order valence-corrected chi connectivity index (χ2v) is 13.9. The van der Waals surface area contributed by atoms with Crippen molar-refractivity contribution >= 4 is 64.7 Å². The third-order valence-corrected chi connectivity index (χ3v) is 9.32. The van der Waals surface area contributed by atoms with E-state index in [-0.39, 0.29) is 49.4 Å². The summed E-state index contributed by atoms with van der Waals surface area (Å²) in [5.74, 6) is -4.98. The SMILES string of the molecule is CC.CC(=O)O.O=C(O)CCSc1ccc(C(=O)N[C@H]2CCC(=O)N3CCC[C@@H](C(=O)NCC(=O)COc4cc(C(F)(F)F)nn4-c4ccc(Cl)cc4)N3C2=O)cc1. The average Bonchev–Trinajstić information content (AvgIpc) is 3.58. The number of fused-ring (bicyclic) bond motifs is 1. The lowest BCUT2D eigenvalue weighted by molar-refractivity contribution is -0.176. The Morgan fingerprint density at radius 1 is 1.00 bits per heavy atom. The number of aromatic nitrogens is 2. The second kappa shape index (κ2) is 21.8. The van der Waals surface area contributed by atoms with Gasteiger partial charge in [0.1, 0.15) is 12.1 Å². The monoisotopic (exact) mass is 854 g/mol. The number of rotatable bonds is 13. The van der Waals surface area contributed by atoms with Crippen molar-refractivity contribution in [2.75, 3.05) is 25.4 Å². The summed E-state index contributed by atoms with van der Waals surface area (Å²) in [6.45, 7) is 3.91. The van der Waals surface area contributed by atoms with Crippen LogP contribution in [-0.4, -0.2) is 109 Å². The summed E-state index contributed by atoms with van der Waals surface area (Å²) >= 11 is 7.18. The maximum absolute atomic E-state index is 13.8. The molecule has 0 saturated carbocycles. The predicted molar refractivity (Wildman–Crippen MR) is 203 cm³/mol. The molecule has 0 aliphatic carbocycles. The van der Waals surface area contributed by atoms with Crippen LogP contribution in [0.5, 0.6) is 5.88 Å². The Hall–Kier alpha value is -5.63. The van der Waals surface area contributed by atoms with E-state index in [4.69, 9.17) is 31.3 Å². The number of amides is 4. The van der Waals surface area contributed by atoms with E-state index in [0.29, 0.717) is 23.3 Å². The topological polar surface area (TPSA) is 218 Å². The Labute approximate surface area is 340 Å². The van der Waals surface area contributed by atoms with Crippen LogP contribution < -0.4 is 15.4 Å². The molecule has 21 heteroatoms. The number of ether oxygens (including phenoxy) is 1. The Kier molecular flexibility index (Phi) is 17.5. The highest BCUT2D eigenvalue weighted by Crippen LogP contribution is 2.32. The molecular weight excluding hydrogens is 813 g/mol. The smallest absolute Gasteiger partial charge is 0.435 e. The summed E-state index contributed by atoms with van der Waals surface area (Å²) in [7, 11) is 0. The molecule has 2 atom stereocenters. The minimum Gasteiger partial charge on any atom is -0.481 e. The molecule has 0 spiro atoms. The summed E-state index contributed by atoms with van der Waals surface area (Å²) in [5.41, 5.74) is -0.846. The number of nitrogens with zero attached hydrogens (tertiary/aromatic N) is 4. The van der Waals surface area contributed by atoms with E-state index in [0.717, 1.165) is 21.5 Å². The average molecular weight is 855 g/mol. The normalized spacial score (nSPS) is 16.3. The molecule has 2 fully saturated rings. The summed E-state index contributed by atoms with van der Waals surface area (Å²) < 4.78 is 46.5. The molecule has 2 aromatic carbocycles. The lowest BCUT2D eigenvalue weighted by atomic mass is 10.1. The van der Waals surface area contributed by atoms with Gasteiger partial charge in [-0.1, -0.05) is 25.4 Å². The van der Waals surface area contributed by atoms with Crippen LogP contribution in [0.4, 0.5) is 13.2 Å². The number of benzene rings is 2. The molecule has 3 aromatic rings. The number of hydrogen-bond acceptors (Lipinski definition) is 10. The minimum absolute atomic E-state index is 0.0215. The van der Waals surface area contributed by atoms with Gasteiger partial charge in [-0.05, 0) is 67.8 Å². The zero-order chi connectivity index (χ0) is 43.2. The number of hydrazine groups is 1. The van der Waals surface area contributed by atoms with Gasteiger partial charge in [0.25, 0.3) is 17.8 Å². The van der Waals surface area contributed by atoms with Crippen LogP contribution in [0, 0.1) is 0 Å². The van der Waals surface area contributed by atoms with Crippen LogP contribution in [0.1, 0.15) is 68.9 Å². The van der Waals surface area contributed by atoms with E-state index in [2.05, 4.69) is 15.7 Å². The number of ketones is 1. The molecule has 314 valence electrons. The van der Waals surface area contributed by atoms with E-state index in [1.165, 1.54) is 53.2 Å². The van der Waals surface area contributed by atoms with Crippen molar-refractivity contribution in [1.82, 2.24) is 30.4 Å². The van der Waals surface area contributed by atoms with E-state index in [1.807, 2.05) is 13.8 Å². The molecule has 16 nitrogen and oxygen atoms in total. The fourth-order valence-corrected chi connectivity index (χ4v) is 6.45. The van der Waals surface area contributed by atoms with Crippen molar-refractivity contribution in [3.63, 3.8) is 0 Å². The fraction of sp³-hybridized carbons (Fsp3) is 0.405. The van der Waals surface area contributed by atoms with Gasteiger partial charge < -0.3 is 25.6 Å². The minimum atomic E-state index is -4.80. The van der Waals surface area contributed by atoms with Gasteiger partial charge in [-0.15, -0.1) is 11.8 Å². The Morgan fingerprint density at radius 2 is 1.64 bits per heavy atom. The molecule has 3 heterocycles. The number of alkyl halides is 3. The standard InChI is InChI=1S/C33H32ClF3N6O8S.C2H4O2.C2H6/c34-20-5-7-21(8-6-20)42-28(16-26(40-42)33(35,36)37)51-18-22(44)17-38-31(49)25-2-1-14-41-27(45)12-11-24(32(50)43(25)41)39-30(48)19-3-9-23(10-4-19)52-15-13-29(46)47;1-2(3)4;1-2/h3-10,16,24-25H,1-2,11-15,17-18H2,(H,38,49)(H,39,48)(H,46,47);1H3,(H,3,4);1-2H3/t24-,25-;;/m0../s1. The van der Waals surface area contributed by atoms with Gasteiger partial charge in [-0.25, -0.2) is 9.69 Å². The maximum atomic E-state index is 13.8. The zero-order valence-corrected chi connectivity index (χ0v) is 33.2. The summed E-state index contributed by atoms with van der Waals surface area (Å²) in [6, 6.07) is 10.3. The number of aliphatic carboxylic acids is 2. The number of Topliss-reactive ketones (excluding diaryl/α,β-unsaturated/α-hetero) is 1. The molecule has 0 unspecified atom stereocenters. The van der Waals surface area contributed by atoms with Gasteiger partial charge in [0.2, 0.25) is 17.7 Å². The number of carbonyl (C=O) groups is 7. The number of hydrogen-bond donors (Lipinski definition) is 4. The van der Waals surface area contributed by atoms with Crippen molar-refractivity contribution in [3.05, 3.63) is 70.9 Å². The molecule has 58 heavy (non-hydrogen) atoms. The van der Waals surface area contributed by atoms with Gasteiger partial charge in [-0.3, -0.25) is 38.6 Å². The van der Waals surface area contributed by atoms with Crippen LogP contribution in [0.15, 0.2) is 59.5 Å². The Balaban J connectivity index is 0.00000141. The van der Waals surface area contributed by atoms with E-state index >= 15 is 0 Å². The van der Waals surface area contributed by atoms with E-state index < -0.39 is 78.5 Å². The highest BCUT2D eigenvalue weighted by Gasteiger charge is 2.44. The predicted octanol–water partition coefficient (Wildman–Crippen LogP) is 4.62. The van der Waals surface area contributed by atoms with Crippen LogP contribution in [0.25, 0.3) is 5.69 Å². The van der Waals surface area contributed by atoms with Crippen LogP contribution in [-0.2, 0) is 34.9 Å². The van der Waals surface area contributed by atoms with E-state index in [1.54, 1.807) is 12.1 Å². The number of carbonyl (C=O) groups excluding carboxylic acids is 5. The fourth-order valence-electron chi connectivity index (χ4n) is 5.49. The quantitative estimate of drug-likeness (QED) is 0.173. The van der Waals surface area contributed by atoms with Crippen LogP contribution >= 0.6 is 23.4 Å². The molecule has 0 radical (unpaired) electrons. The second-order valence-electron chi connectivity index (χ2n) is 12.3. The van der Waals surface area contributed by atoms with Crippen molar-refractivity contribution in [2.45, 2.75) is 76.0 Å². The molecule has 2 saturated heterocycles. The molecular formula is C37H42ClF3N6O10S. The number of carboxylic acid groups (broad SMARTS) is 2. The number of thioether (sulfide) groups is 1. The third kappa shape index (κ3) is 13.5. The Bertz CT molecular complexity index is 1940. The molecule has 0 bridgehead atoms. The Morgan fingerprint density at radius 3 is 2.24 bits per heavy atom. The zero-order valence-electron chi connectivity index (χ0n) is 31.6. The third-order valence-electron chi connectivity index (χ3n) is 8.05. The maximum Gasteiger partial charge on any atom is 0.435 e. The first-order valence-electron chi connectivity index (χ1n) is 17.9. The van der Waals surface area contributed by atoms with Crippen LogP contribution in [0.3, 0.4) is 0 Å². The van der Waals surface area contributed by atoms with E-state index in [9.17, 15) is 41.9 Å². The highest BCUT2D eigenvalue weighted by atomic mass is 35.5. The van der Waals surface area contributed by atoms with Gasteiger partial charge in [0, 0.05) is 47.2 Å². The summed E-state index contributed by atoms with van der Waals surface area (Å²) in [5, 5.41) is 27.4. The van der Waals surface area contributed by atoms with Gasteiger partial charge in [0.15, 0.2) is 18.1 Å². The molecule has 2 aliphatic heterocycles. The van der Waals surface area contributed by atoms with Crippen molar-refractivity contribution in [2.24, 2.45) is 0 Å². The summed E-state index contributed by atoms with van der Waals surface area (Å²) in [6.07, 6.45) is -4.42. The number of halogens is 4. The van der Waals surface area contributed by atoms with Crippen LogP contribution in [0.2, 0.25) is 5.02 Å². The van der Waals surface area contributed by atoms with Crippen molar-refractivity contribution < 1.29 is 61.7 Å². The first kappa shape index (κ1) is 46.8. The lowest BCUT2D eigenvalue weighted by Crippen LogP contribution is -2.63. The molecule has 1 aromatic heterocycles. The lowest BCUT2D eigenvalue weighted by Gasteiger charge is -2.42. The van der Waals surface area contributed by atoms with Crippen molar-refractivity contribution in [1.29, 1.82) is 0 Å². The number of carboxylic acids is 2. The first-order valence-corrected chi connectivity index (χ1v) is 19.2. The van der Waals surface area contributed by atoms with Crippen molar-refractivity contribution in [3.8, 4) is 11.6 Å². The summed E-state index contributed by atoms with van der Waals surface area (Å²) in [4.78, 5) is 86.5. The molecule has 5 rings (SSSR count). The number of nitrogens with one attached hydrogen (secondary N) is 2.